The lowest BCUT2D eigenvalue weighted by Gasteiger charge is -2.14. The Labute approximate surface area is 102 Å². The zero-order valence-corrected chi connectivity index (χ0v) is 10.4. The molecule has 0 fully saturated rings. The van der Waals surface area contributed by atoms with Crippen LogP contribution in [-0.4, -0.2) is 9.55 Å². The number of aromatic nitrogens is 2. The van der Waals surface area contributed by atoms with Crippen molar-refractivity contribution in [3.05, 3.63) is 48.0 Å². The van der Waals surface area contributed by atoms with Gasteiger partial charge in [-0.2, -0.15) is 0 Å². The van der Waals surface area contributed by atoms with Gasteiger partial charge < -0.3 is 10.3 Å². The van der Waals surface area contributed by atoms with Crippen LogP contribution in [0.1, 0.15) is 37.6 Å². The summed E-state index contributed by atoms with van der Waals surface area (Å²) < 4.78 is 2.09. The van der Waals surface area contributed by atoms with Crippen LogP contribution >= 0.6 is 0 Å². The van der Waals surface area contributed by atoms with E-state index in [0.29, 0.717) is 0 Å². The van der Waals surface area contributed by atoms with Crippen LogP contribution in [0, 0.1) is 0 Å². The van der Waals surface area contributed by atoms with Crippen LogP contribution in [0.25, 0.3) is 5.69 Å². The minimum Gasteiger partial charge on any atom is -0.323 e. The van der Waals surface area contributed by atoms with Crippen LogP contribution in [0.3, 0.4) is 0 Å². The third kappa shape index (κ3) is 2.39. The molecule has 3 heteroatoms. The molecule has 1 aromatic carbocycles. The average molecular weight is 229 g/mol. The number of aryl methyl sites for hydroxylation is 1. The lowest BCUT2D eigenvalue weighted by Crippen LogP contribution is -2.11. The molecule has 17 heavy (non-hydrogen) atoms. The number of imidazole rings is 1. The van der Waals surface area contributed by atoms with E-state index in [2.05, 4.69) is 40.7 Å². The third-order valence-corrected chi connectivity index (χ3v) is 2.90. The van der Waals surface area contributed by atoms with Crippen LogP contribution in [0.5, 0.6) is 0 Å². The lowest BCUT2D eigenvalue weighted by molar-refractivity contribution is 0.747. The maximum absolute atomic E-state index is 5.96. The number of rotatable bonds is 4. The first-order chi connectivity index (χ1) is 8.24. The molecule has 2 aromatic rings. The van der Waals surface area contributed by atoms with Gasteiger partial charge in [0.1, 0.15) is 0 Å². The summed E-state index contributed by atoms with van der Waals surface area (Å²) in [5.74, 6) is 0. The topological polar surface area (TPSA) is 43.8 Å². The van der Waals surface area contributed by atoms with Gasteiger partial charge in [0.05, 0.1) is 23.9 Å². The highest BCUT2D eigenvalue weighted by atomic mass is 15.1. The van der Waals surface area contributed by atoms with Gasteiger partial charge in [-0.3, -0.25) is 0 Å². The number of nitrogens with two attached hydrogens (primary N) is 1. The first-order valence-corrected chi connectivity index (χ1v) is 6.10. The van der Waals surface area contributed by atoms with Crippen molar-refractivity contribution < 1.29 is 0 Å². The second-order valence-corrected chi connectivity index (χ2v) is 4.36. The van der Waals surface area contributed by atoms with E-state index in [1.807, 2.05) is 19.4 Å². The Morgan fingerprint density at radius 1 is 1.35 bits per heavy atom. The van der Waals surface area contributed by atoms with Crippen molar-refractivity contribution in [3.8, 4) is 5.69 Å². The van der Waals surface area contributed by atoms with E-state index >= 15 is 0 Å². The predicted molar refractivity (Wildman–Crippen MR) is 70.2 cm³/mol. The molecule has 1 heterocycles. The van der Waals surface area contributed by atoms with Crippen molar-refractivity contribution in [2.45, 2.75) is 32.7 Å². The molecule has 3 nitrogen and oxygen atoms in total. The molecule has 0 bridgehead atoms. The van der Waals surface area contributed by atoms with Gasteiger partial charge in [-0.15, -0.1) is 0 Å². The zero-order valence-electron chi connectivity index (χ0n) is 10.4. The van der Waals surface area contributed by atoms with Crippen molar-refractivity contribution in [2.24, 2.45) is 5.73 Å². The molecular weight excluding hydrogens is 210 g/mol. The standard InChI is InChI=1S/C14H19N3/c1-3-6-12-7-4-5-8-13(12)17-10-16-9-14(17)11(2)15/h4-5,7-11H,3,6,15H2,1-2H3/t11-/m0/s1. The summed E-state index contributed by atoms with van der Waals surface area (Å²) in [7, 11) is 0. The van der Waals surface area contributed by atoms with Crippen LogP contribution in [-0.2, 0) is 6.42 Å². The van der Waals surface area contributed by atoms with Crippen molar-refractivity contribution in [1.82, 2.24) is 9.55 Å². The normalized spacial score (nSPS) is 12.6. The number of benzene rings is 1. The molecule has 90 valence electrons. The molecule has 2 rings (SSSR count). The van der Waals surface area contributed by atoms with E-state index in [0.717, 1.165) is 18.5 Å². The summed E-state index contributed by atoms with van der Waals surface area (Å²) in [4.78, 5) is 4.20. The van der Waals surface area contributed by atoms with E-state index in [9.17, 15) is 0 Å². The Kier molecular flexibility index (Phi) is 3.59. The molecule has 0 aliphatic heterocycles. The maximum Gasteiger partial charge on any atom is 0.0994 e. The van der Waals surface area contributed by atoms with Gasteiger partial charge in [0, 0.05) is 6.04 Å². The van der Waals surface area contributed by atoms with Crippen LogP contribution in [0.4, 0.5) is 0 Å². The summed E-state index contributed by atoms with van der Waals surface area (Å²) in [6.45, 7) is 4.17. The third-order valence-electron chi connectivity index (χ3n) is 2.90. The predicted octanol–water partition coefficient (Wildman–Crippen LogP) is 2.84. The SMILES string of the molecule is CCCc1ccccc1-n1cncc1[C@H](C)N. The Bertz CT molecular complexity index is 486. The highest BCUT2D eigenvalue weighted by molar-refractivity contribution is 5.42. The van der Waals surface area contributed by atoms with Crippen molar-refractivity contribution in [2.75, 3.05) is 0 Å². The van der Waals surface area contributed by atoms with E-state index in [-0.39, 0.29) is 6.04 Å². The van der Waals surface area contributed by atoms with Crippen LogP contribution < -0.4 is 5.73 Å². The molecule has 0 radical (unpaired) electrons. The molecule has 1 aromatic heterocycles. The van der Waals surface area contributed by atoms with Gasteiger partial charge in [0.2, 0.25) is 0 Å². The molecule has 0 spiro atoms. The van der Waals surface area contributed by atoms with Gasteiger partial charge in [0.25, 0.3) is 0 Å². The number of para-hydroxylation sites is 1. The molecule has 0 amide bonds. The smallest absolute Gasteiger partial charge is 0.0994 e. The molecule has 0 saturated heterocycles. The molecule has 2 N–H and O–H groups in total. The van der Waals surface area contributed by atoms with Crippen molar-refractivity contribution in [1.29, 1.82) is 0 Å². The van der Waals surface area contributed by atoms with Gasteiger partial charge >= 0.3 is 0 Å². The first-order valence-electron chi connectivity index (χ1n) is 6.10. The molecular formula is C14H19N3. The minimum absolute atomic E-state index is 0.00724. The van der Waals surface area contributed by atoms with Gasteiger partial charge in [-0.25, -0.2) is 4.98 Å². The van der Waals surface area contributed by atoms with Gasteiger partial charge in [-0.1, -0.05) is 31.5 Å². The zero-order chi connectivity index (χ0) is 12.3. The van der Waals surface area contributed by atoms with Crippen LogP contribution in [0.15, 0.2) is 36.8 Å². The molecule has 0 aliphatic carbocycles. The van der Waals surface area contributed by atoms with E-state index < -0.39 is 0 Å². The quantitative estimate of drug-likeness (QED) is 0.876. The summed E-state index contributed by atoms with van der Waals surface area (Å²) >= 11 is 0. The highest BCUT2D eigenvalue weighted by Gasteiger charge is 2.10. The Hall–Kier alpha value is -1.61. The Morgan fingerprint density at radius 2 is 2.12 bits per heavy atom. The second-order valence-electron chi connectivity index (χ2n) is 4.36. The fraction of sp³-hybridized carbons (Fsp3) is 0.357. The molecule has 0 saturated carbocycles. The van der Waals surface area contributed by atoms with E-state index in [1.54, 1.807) is 0 Å². The van der Waals surface area contributed by atoms with Gasteiger partial charge in [-0.05, 0) is 25.0 Å². The van der Waals surface area contributed by atoms with Crippen molar-refractivity contribution in [3.63, 3.8) is 0 Å². The number of nitrogens with zero attached hydrogens (tertiary/aromatic N) is 2. The van der Waals surface area contributed by atoms with E-state index in [1.165, 1.54) is 11.3 Å². The fourth-order valence-corrected chi connectivity index (χ4v) is 2.07. The van der Waals surface area contributed by atoms with E-state index in [4.69, 9.17) is 5.73 Å². The Balaban J connectivity index is 2.48. The Morgan fingerprint density at radius 3 is 2.82 bits per heavy atom. The largest absolute Gasteiger partial charge is 0.323 e. The summed E-state index contributed by atoms with van der Waals surface area (Å²) in [5, 5.41) is 0. The monoisotopic (exact) mass is 229 g/mol. The average Bonchev–Trinajstić information content (AvgIpc) is 2.79. The summed E-state index contributed by atoms with van der Waals surface area (Å²) in [6.07, 6.45) is 5.90. The maximum atomic E-state index is 5.96. The molecule has 1 atom stereocenters. The van der Waals surface area contributed by atoms with Crippen molar-refractivity contribution >= 4 is 0 Å². The first kappa shape index (κ1) is 11.9. The van der Waals surface area contributed by atoms with Gasteiger partial charge in [0.15, 0.2) is 0 Å². The molecule has 0 unspecified atom stereocenters. The highest BCUT2D eigenvalue weighted by Crippen LogP contribution is 2.20. The summed E-state index contributed by atoms with van der Waals surface area (Å²) in [5.41, 5.74) is 9.55. The summed E-state index contributed by atoms with van der Waals surface area (Å²) in [6, 6.07) is 8.42. The minimum atomic E-state index is -0.00724. The fourth-order valence-electron chi connectivity index (χ4n) is 2.07. The molecule has 0 aliphatic rings. The van der Waals surface area contributed by atoms with Crippen LogP contribution in [0.2, 0.25) is 0 Å². The number of hydrogen-bond acceptors (Lipinski definition) is 2. The lowest BCUT2D eigenvalue weighted by atomic mass is 10.1. The number of hydrogen-bond donors (Lipinski definition) is 1. The second kappa shape index (κ2) is 5.15.